The number of para-hydroxylation sites is 1. The average molecular weight is 404 g/mol. The van der Waals surface area contributed by atoms with Crippen LogP contribution in [-0.2, 0) is 11.3 Å². The summed E-state index contributed by atoms with van der Waals surface area (Å²) in [5.74, 6) is -0.689. The minimum atomic E-state index is -0.504. The standard InChI is InChI=1S/C22H20N4O4/c27-21(15-23-17-9-6-10-18(13-17)26(29)30)25-20-12-5-4-11-19(20)22(28)24-14-16-7-2-1-3-8-16/h1-13,23H,14-15H2,(H,24,28)(H,25,27). The number of benzene rings is 3. The highest BCUT2D eigenvalue weighted by Gasteiger charge is 2.13. The maximum atomic E-state index is 12.6. The van der Waals surface area contributed by atoms with Crippen LogP contribution < -0.4 is 16.0 Å². The fourth-order valence-corrected chi connectivity index (χ4v) is 2.77. The van der Waals surface area contributed by atoms with Crippen molar-refractivity contribution in [3.8, 4) is 0 Å². The fourth-order valence-electron chi connectivity index (χ4n) is 2.77. The molecule has 0 spiro atoms. The van der Waals surface area contributed by atoms with Crippen LogP contribution in [0, 0.1) is 10.1 Å². The van der Waals surface area contributed by atoms with E-state index in [4.69, 9.17) is 0 Å². The van der Waals surface area contributed by atoms with E-state index in [1.165, 1.54) is 18.2 Å². The third kappa shape index (κ3) is 5.65. The minimum absolute atomic E-state index is 0.0687. The molecule has 0 atom stereocenters. The Balaban J connectivity index is 1.60. The Hall–Kier alpha value is -4.20. The molecule has 0 aromatic heterocycles. The molecule has 0 fully saturated rings. The molecule has 0 aliphatic heterocycles. The van der Waals surface area contributed by atoms with E-state index in [0.29, 0.717) is 23.5 Å². The first-order chi connectivity index (χ1) is 14.5. The van der Waals surface area contributed by atoms with Gasteiger partial charge in [0.15, 0.2) is 0 Å². The molecule has 3 rings (SSSR count). The number of rotatable bonds is 8. The maximum Gasteiger partial charge on any atom is 0.271 e. The average Bonchev–Trinajstić information content (AvgIpc) is 2.77. The summed E-state index contributed by atoms with van der Waals surface area (Å²) < 4.78 is 0. The molecule has 0 aliphatic carbocycles. The second-order valence-electron chi connectivity index (χ2n) is 6.42. The van der Waals surface area contributed by atoms with Gasteiger partial charge in [0.25, 0.3) is 11.6 Å². The molecule has 3 aromatic carbocycles. The first-order valence-corrected chi connectivity index (χ1v) is 9.22. The van der Waals surface area contributed by atoms with Crippen molar-refractivity contribution in [3.05, 3.63) is 100 Å². The van der Waals surface area contributed by atoms with Crippen molar-refractivity contribution in [3.63, 3.8) is 0 Å². The van der Waals surface area contributed by atoms with E-state index in [9.17, 15) is 19.7 Å². The fraction of sp³-hybridized carbons (Fsp3) is 0.0909. The molecule has 0 bridgehead atoms. The summed E-state index contributed by atoms with van der Waals surface area (Å²) in [5.41, 5.74) is 2.08. The zero-order valence-corrected chi connectivity index (χ0v) is 16.0. The number of amides is 2. The number of nitrogens with zero attached hydrogens (tertiary/aromatic N) is 1. The van der Waals surface area contributed by atoms with Gasteiger partial charge in [-0.05, 0) is 23.8 Å². The molecule has 3 aromatic rings. The molecule has 0 unspecified atom stereocenters. The van der Waals surface area contributed by atoms with Gasteiger partial charge in [0, 0.05) is 24.4 Å². The first kappa shape index (κ1) is 20.5. The van der Waals surface area contributed by atoms with Crippen molar-refractivity contribution in [2.75, 3.05) is 17.2 Å². The van der Waals surface area contributed by atoms with Gasteiger partial charge in [-0.25, -0.2) is 0 Å². The third-order valence-corrected chi connectivity index (χ3v) is 4.25. The van der Waals surface area contributed by atoms with Gasteiger partial charge in [-0.1, -0.05) is 48.5 Å². The minimum Gasteiger partial charge on any atom is -0.376 e. The van der Waals surface area contributed by atoms with Crippen LogP contribution in [0.4, 0.5) is 17.1 Å². The topological polar surface area (TPSA) is 113 Å². The zero-order chi connectivity index (χ0) is 21.3. The predicted molar refractivity (Wildman–Crippen MR) is 114 cm³/mol. The molecule has 30 heavy (non-hydrogen) atoms. The van der Waals surface area contributed by atoms with Gasteiger partial charge in [-0.2, -0.15) is 0 Å². The Morgan fingerprint density at radius 3 is 2.40 bits per heavy atom. The van der Waals surface area contributed by atoms with E-state index < -0.39 is 4.92 Å². The number of carbonyl (C=O) groups excluding carboxylic acids is 2. The van der Waals surface area contributed by atoms with Crippen molar-refractivity contribution in [2.45, 2.75) is 6.54 Å². The van der Waals surface area contributed by atoms with Crippen LogP contribution in [0.25, 0.3) is 0 Å². The Bertz CT molecular complexity index is 1050. The van der Waals surface area contributed by atoms with Gasteiger partial charge in [-0.3, -0.25) is 19.7 Å². The second-order valence-corrected chi connectivity index (χ2v) is 6.42. The Labute approximate surface area is 173 Å². The lowest BCUT2D eigenvalue weighted by Crippen LogP contribution is -2.26. The van der Waals surface area contributed by atoms with Gasteiger partial charge in [-0.15, -0.1) is 0 Å². The largest absolute Gasteiger partial charge is 0.376 e. The van der Waals surface area contributed by atoms with Crippen LogP contribution in [0.3, 0.4) is 0 Å². The molecule has 2 amide bonds. The molecule has 0 radical (unpaired) electrons. The highest BCUT2D eigenvalue weighted by molar-refractivity contribution is 6.04. The summed E-state index contributed by atoms with van der Waals surface area (Å²) >= 11 is 0. The first-order valence-electron chi connectivity index (χ1n) is 9.22. The quantitative estimate of drug-likeness (QED) is 0.392. The summed E-state index contributed by atoms with van der Waals surface area (Å²) in [6.07, 6.45) is 0. The predicted octanol–water partition coefficient (Wildman–Crippen LogP) is 3.58. The smallest absolute Gasteiger partial charge is 0.271 e. The summed E-state index contributed by atoms with van der Waals surface area (Å²) in [6.45, 7) is 0.261. The molecule has 0 saturated carbocycles. The number of hydrogen-bond donors (Lipinski definition) is 3. The maximum absolute atomic E-state index is 12.6. The van der Waals surface area contributed by atoms with Crippen molar-refractivity contribution in [1.29, 1.82) is 0 Å². The lowest BCUT2D eigenvalue weighted by molar-refractivity contribution is -0.384. The number of nitro benzene ring substituents is 1. The number of nitrogens with one attached hydrogen (secondary N) is 3. The third-order valence-electron chi connectivity index (χ3n) is 4.25. The molecule has 8 nitrogen and oxygen atoms in total. The summed E-state index contributed by atoms with van der Waals surface area (Å²) in [4.78, 5) is 35.2. The van der Waals surface area contributed by atoms with Crippen LogP contribution >= 0.6 is 0 Å². The number of hydrogen-bond acceptors (Lipinski definition) is 5. The Morgan fingerprint density at radius 2 is 1.63 bits per heavy atom. The highest BCUT2D eigenvalue weighted by atomic mass is 16.6. The molecule has 0 saturated heterocycles. The molecular weight excluding hydrogens is 384 g/mol. The van der Waals surface area contributed by atoms with E-state index in [1.54, 1.807) is 30.3 Å². The number of non-ortho nitro benzene ring substituents is 1. The molecule has 0 heterocycles. The van der Waals surface area contributed by atoms with E-state index in [2.05, 4.69) is 16.0 Å². The van der Waals surface area contributed by atoms with Gasteiger partial charge in [0.05, 0.1) is 22.7 Å². The van der Waals surface area contributed by atoms with Crippen LogP contribution in [0.1, 0.15) is 15.9 Å². The van der Waals surface area contributed by atoms with Gasteiger partial charge >= 0.3 is 0 Å². The van der Waals surface area contributed by atoms with E-state index in [0.717, 1.165) is 5.56 Å². The summed E-state index contributed by atoms with van der Waals surface area (Å²) in [7, 11) is 0. The van der Waals surface area contributed by atoms with Crippen molar-refractivity contribution < 1.29 is 14.5 Å². The Morgan fingerprint density at radius 1 is 0.900 bits per heavy atom. The molecule has 0 aliphatic rings. The lowest BCUT2D eigenvalue weighted by Gasteiger charge is -2.12. The normalized spacial score (nSPS) is 10.1. The van der Waals surface area contributed by atoms with Crippen LogP contribution in [-0.4, -0.2) is 23.3 Å². The van der Waals surface area contributed by atoms with Gasteiger partial charge < -0.3 is 16.0 Å². The monoisotopic (exact) mass is 404 g/mol. The van der Waals surface area contributed by atoms with Crippen LogP contribution in [0.5, 0.6) is 0 Å². The number of anilines is 2. The van der Waals surface area contributed by atoms with Gasteiger partial charge in [0.2, 0.25) is 5.91 Å². The molecular formula is C22H20N4O4. The van der Waals surface area contributed by atoms with Crippen molar-refractivity contribution in [2.24, 2.45) is 0 Å². The SMILES string of the molecule is O=C(CNc1cccc([N+](=O)[O-])c1)Nc1ccccc1C(=O)NCc1ccccc1. The van der Waals surface area contributed by atoms with Crippen molar-refractivity contribution >= 4 is 28.9 Å². The second kappa shape index (κ2) is 9.83. The molecule has 152 valence electrons. The van der Waals surface area contributed by atoms with E-state index in [1.807, 2.05) is 30.3 Å². The molecule has 3 N–H and O–H groups in total. The molecule has 8 heteroatoms. The summed E-state index contributed by atoms with van der Waals surface area (Å²) in [6, 6.07) is 22.1. The van der Waals surface area contributed by atoms with E-state index >= 15 is 0 Å². The van der Waals surface area contributed by atoms with E-state index in [-0.39, 0.29) is 24.0 Å². The van der Waals surface area contributed by atoms with Crippen LogP contribution in [0.15, 0.2) is 78.9 Å². The Kier molecular flexibility index (Phi) is 6.73. The van der Waals surface area contributed by atoms with Crippen LogP contribution in [0.2, 0.25) is 0 Å². The van der Waals surface area contributed by atoms with Gasteiger partial charge in [0.1, 0.15) is 0 Å². The number of nitro groups is 1. The zero-order valence-electron chi connectivity index (χ0n) is 16.0. The van der Waals surface area contributed by atoms with Crippen molar-refractivity contribution in [1.82, 2.24) is 5.32 Å². The lowest BCUT2D eigenvalue weighted by atomic mass is 10.1. The highest BCUT2D eigenvalue weighted by Crippen LogP contribution is 2.18. The summed E-state index contributed by atoms with van der Waals surface area (Å²) in [5, 5.41) is 19.2. The number of carbonyl (C=O) groups is 2.